The van der Waals surface area contributed by atoms with E-state index in [0.717, 1.165) is 16.9 Å². The van der Waals surface area contributed by atoms with Gasteiger partial charge in [0.25, 0.3) is 0 Å². The number of thiazole rings is 1. The van der Waals surface area contributed by atoms with Crippen LogP contribution in [0.15, 0.2) is 41.8 Å². The predicted molar refractivity (Wildman–Crippen MR) is 74.2 cm³/mol. The van der Waals surface area contributed by atoms with Crippen LogP contribution in [0.3, 0.4) is 0 Å². The summed E-state index contributed by atoms with van der Waals surface area (Å²) in [7, 11) is 0. The molecule has 1 aromatic carbocycles. The van der Waals surface area contributed by atoms with Crippen LogP contribution in [0, 0.1) is 0 Å². The molecule has 0 aliphatic carbocycles. The van der Waals surface area contributed by atoms with Crippen molar-refractivity contribution in [2.45, 2.75) is 6.61 Å². The molecule has 5 heteroatoms. The predicted octanol–water partition coefficient (Wildman–Crippen LogP) is 3.07. The fourth-order valence-corrected chi connectivity index (χ4v) is 2.09. The third kappa shape index (κ3) is 4.31. The number of benzene rings is 1. The maximum absolute atomic E-state index is 10.6. The Balaban J connectivity index is 1.74. The molecule has 0 saturated heterocycles. The van der Waals surface area contributed by atoms with Crippen molar-refractivity contribution in [2.24, 2.45) is 0 Å². The number of carboxylic acids is 1. The van der Waals surface area contributed by atoms with Gasteiger partial charge in [0, 0.05) is 5.38 Å². The average Bonchev–Trinajstić information content (AvgIpc) is 2.89. The molecular weight excluding hydrogens is 262 g/mol. The first kappa shape index (κ1) is 13.5. The van der Waals surface area contributed by atoms with Crippen molar-refractivity contribution in [3.05, 3.63) is 58.1 Å². The SMILES string of the molecule is O=C(O)c1nc(COC/C=C/c2ccccc2)cs1. The third-order valence-corrected chi connectivity index (χ3v) is 3.19. The Morgan fingerprint density at radius 3 is 2.84 bits per heavy atom. The van der Waals surface area contributed by atoms with E-state index in [1.54, 1.807) is 5.38 Å². The average molecular weight is 275 g/mol. The standard InChI is InChI=1S/C14H13NO3S/c16-14(17)13-15-12(10-19-13)9-18-8-4-7-11-5-2-1-3-6-11/h1-7,10H,8-9H2,(H,16,17)/b7-4+. The molecule has 0 atom stereocenters. The van der Waals surface area contributed by atoms with E-state index in [1.807, 2.05) is 42.5 Å². The smallest absolute Gasteiger partial charge is 0.365 e. The number of nitrogens with zero attached hydrogens (tertiary/aromatic N) is 1. The third-order valence-electron chi connectivity index (χ3n) is 2.31. The summed E-state index contributed by atoms with van der Waals surface area (Å²) in [6.07, 6.45) is 3.89. The highest BCUT2D eigenvalue weighted by molar-refractivity contribution is 7.11. The van der Waals surface area contributed by atoms with Crippen LogP contribution in [0.1, 0.15) is 21.1 Å². The number of rotatable bonds is 6. The van der Waals surface area contributed by atoms with Gasteiger partial charge in [0.2, 0.25) is 5.01 Å². The van der Waals surface area contributed by atoms with Crippen molar-refractivity contribution < 1.29 is 14.6 Å². The van der Waals surface area contributed by atoms with Crippen LogP contribution < -0.4 is 0 Å². The fraction of sp³-hybridized carbons (Fsp3) is 0.143. The summed E-state index contributed by atoms with van der Waals surface area (Å²) >= 11 is 1.11. The van der Waals surface area contributed by atoms with Crippen molar-refractivity contribution in [1.82, 2.24) is 4.98 Å². The highest BCUT2D eigenvalue weighted by Gasteiger charge is 2.08. The van der Waals surface area contributed by atoms with E-state index in [2.05, 4.69) is 4.98 Å². The van der Waals surface area contributed by atoms with Crippen LogP contribution in [0.5, 0.6) is 0 Å². The molecule has 0 fully saturated rings. The lowest BCUT2D eigenvalue weighted by Crippen LogP contribution is -1.97. The molecule has 0 aliphatic rings. The summed E-state index contributed by atoms with van der Waals surface area (Å²) in [5.74, 6) is -1.000. The van der Waals surface area contributed by atoms with Gasteiger partial charge in [-0.05, 0) is 5.56 Å². The van der Waals surface area contributed by atoms with Gasteiger partial charge in [0.1, 0.15) is 0 Å². The molecule has 2 rings (SSSR count). The molecule has 0 radical (unpaired) electrons. The second-order valence-corrected chi connectivity index (χ2v) is 4.64. The van der Waals surface area contributed by atoms with E-state index in [1.165, 1.54) is 0 Å². The Labute approximate surface area is 115 Å². The summed E-state index contributed by atoms with van der Waals surface area (Å²) in [5.41, 5.74) is 1.77. The largest absolute Gasteiger partial charge is 0.476 e. The Morgan fingerprint density at radius 2 is 2.16 bits per heavy atom. The van der Waals surface area contributed by atoms with Crippen LogP contribution >= 0.6 is 11.3 Å². The summed E-state index contributed by atoms with van der Waals surface area (Å²) in [6.45, 7) is 0.789. The number of hydrogen-bond donors (Lipinski definition) is 1. The van der Waals surface area contributed by atoms with Crippen LogP contribution in [0.2, 0.25) is 0 Å². The zero-order valence-corrected chi connectivity index (χ0v) is 11.0. The van der Waals surface area contributed by atoms with Gasteiger partial charge in [0.15, 0.2) is 0 Å². The molecule has 1 N–H and O–H groups in total. The monoisotopic (exact) mass is 275 g/mol. The molecule has 0 unspecified atom stereocenters. The quantitative estimate of drug-likeness (QED) is 0.823. The lowest BCUT2D eigenvalue weighted by atomic mass is 10.2. The number of carboxylic acid groups (broad SMARTS) is 1. The second-order valence-electron chi connectivity index (χ2n) is 3.78. The molecule has 1 heterocycles. The Hall–Kier alpha value is -1.98. The molecule has 0 spiro atoms. The summed E-state index contributed by atoms with van der Waals surface area (Å²) in [6, 6.07) is 9.94. The highest BCUT2D eigenvalue weighted by atomic mass is 32.1. The van der Waals surface area contributed by atoms with E-state index in [9.17, 15) is 4.79 Å². The van der Waals surface area contributed by atoms with Gasteiger partial charge >= 0.3 is 5.97 Å². The molecular formula is C14H13NO3S. The first-order chi connectivity index (χ1) is 9.25. The zero-order chi connectivity index (χ0) is 13.5. The lowest BCUT2D eigenvalue weighted by Gasteiger charge is -1.97. The van der Waals surface area contributed by atoms with Crippen molar-refractivity contribution in [1.29, 1.82) is 0 Å². The number of carbonyl (C=O) groups is 1. The van der Waals surface area contributed by atoms with Crippen molar-refractivity contribution >= 4 is 23.4 Å². The van der Waals surface area contributed by atoms with E-state index in [-0.39, 0.29) is 5.01 Å². The summed E-state index contributed by atoms with van der Waals surface area (Å²) in [4.78, 5) is 14.6. The van der Waals surface area contributed by atoms with Gasteiger partial charge in [0.05, 0.1) is 18.9 Å². The van der Waals surface area contributed by atoms with Crippen LogP contribution in [-0.4, -0.2) is 22.7 Å². The lowest BCUT2D eigenvalue weighted by molar-refractivity contribution is 0.0695. The van der Waals surface area contributed by atoms with Crippen molar-refractivity contribution in [3.8, 4) is 0 Å². The Morgan fingerprint density at radius 1 is 1.37 bits per heavy atom. The Kier molecular flexibility index (Phi) is 4.83. The summed E-state index contributed by atoms with van der Waals surface area (Å²) < 4.78 is 5.40. The zero-order valence-electron chi connectivity index (χ0n) is 10.2. The molecule has 2 aromatic rings. The molecule has 1 aromatic heterocycles. The van der Waals surface area contributed by atoms with Crippen LogP contribution in [0.4, 0.5) is 0 Å². The fourth-order valence-electron chi connectivity index (χ4n) is 1.45. The Bertz CT molecular complexity index is 563. The van der Waals surface area contributed by atoms with Gasteiger partial charge in [-0.15, -0.1) is 11.3 Å². The van der Waals surface area contributed by atoms with Crippen LogP contribution in [0.25, 0.3) is 6.08 Å². The minimum atomic E-state index is -1.000. The number of ether oxygens (including phenoxy) is 1. The maximum Gasteiger partial charge on any atom is 0.365 e. The molecule has 0 aliphatic heterocycles. The first-order valence-corrected chi connectivity index (χ1v) is 6.60. The number of hydrogen-bond acceptors (Lipinski definition) is 4. The van der Waals surface area contributed by atoms with E-state index in [4.69, 9.17) is 9.84 Å². The maximum atomic E-state index is 10.6. The van der Waals surface area contributed by atoms with Gasteiger partial charge < -0.3 is 9.84 Å². The van der Waals surface area contributed by atoms with Gasteiger partial charge in [-0.2, -0.15) is 0 Å². The molecule has 98 valence electrons. The minimum absolute atomic E-state index is 0.0958. The number of aromatic carboxylic acids is 1. The number of aromatic nitrogens is 1. The van der Waals surface area contributed by atoms with E-state index >= 15 is 0 Å². The topological polar surface area (TPSA) is 59.4 Å². The highest BCUT2D eigenvalue weighted by Crippen LogP contribution is 2.10. The van der Waals surface area contributed by atoms with Gasteiger partial charge in [-0.25, -0.2) is 9.78 Å². The molecule has 4 nitrogen and oxygen atoms in total. The van der Waals surface area contributed by atoms with Crippen molar-refractivity contribution in [2.75, 3.05) is 6.61 Å². The molecule has 0 bridgehead atoms. The van der Waals surface area contributed by atoms with E-state index in [0.29, 0.717) is 18.9 Å². The molecule has 0 amide bonds. The molecule has 19 heavy (non-hydrogen) atoms. The normalized spacial score (nSPS) is 10.9. The second kappa shape index (κ2) is 6.82. The van der Waals surface area contributed by atoms with Crippen molar-refractivity contribution in [3.63, 3.8) is 0 Å². The van der Waals surface area contributed by atoms with E-state index < -0.39 is 5.97 Å². The molecule has 0 saturated carbocycles. The van der Waals surface area contributed by atoms with Gasteiger partial charge in [-0.3, -0.25) is 0 Å². The minimum Gasteiger partial charge on any atom is -0.476 e. The van der Waals surface area contributed by atoms with Gasteiger partial charge in [-0.1, -0.05) is 42.5 Å². The van der Waals surface area contributed by atoms with Crippen LogP contribution in [-0.2, 0) is 11.3 Å². The summed E-state index contributed by atoms with van der Waals surface area (Å²) in [5, 5.41) is 10.5. The first-order valence-electron chi connectivity index (χ1n) is 5.73.